The van der Waals surface area contributed by atoms with Gasteiger partial charge in [0.1, 0.15) is 5.60 Å². The first kappa shape index (κ1) is 15.7. The van der Waals surface area contributed by atoms with Crippen LogP contribution < -0.4 is 5.32 Å². The summed E-state index contributed by atoms with van der Waals surface area (Å²) in [7, 11) is 0. The fourth-order valence-corrected chi connectivity index (χ4v) is 1.70. The van der Waals surface area contributed by atoms with E-state index < -0.39 is 11.1 Å². The van der Waals surface area contributed by atoms with Crippen LogP contribution in [-0.2, 0) is 15.1 Å². The zero-order chi connectivity index (χ0) is 14.5. The van der Waals surface area contributed by atoms with Crippen LogP contribution in [0.2, 0.25) is 0 Å². The number of aliphatic hydroxyl groups is 1. The number of hydrogen-bond donors (Lipinski definition) is 2. The van der Waals surface area contributed by atoms with Crippen molar-refractivity contribution in [1.82, 2.24) is 5.32 Å². The van der Waals surface area contributed by atoms with Crippen LogP contribution in [0.3, 0.4) is 0 Å². The third kappa shape index (κ3) is 5.01. The largest absolute Gasteiger partial charge is 0.459 e. The second kappa shape index (κ2) is 6.17. The minimum atomic E-state index is -0.655. The van der Waals surface area contributed by atoms with Crippen LogP contribution >= 0.6 is 0 Å². The average molecular weight is 265 g/mol. The van der Waals surface area contributed by atoms with Gasteiger partial charge in [-0.3, -0.25) is 10.1 Å². The molecule has 0 fully saturated rings. The maximum absolute atomic E-state index is 11.7. The topological polar surface area (TPSA) is 58.6 Å². The van der Waals surface area contributed by atoms with Gasteiger partial charge in [-0.2, -0.15) is 0 Å². The number of aliphatic hydroxyl groups excluding tert-OH is 1. The molecule has 0 aliphatic heterocycles. The van der Waals surface area contributed by atoms with Gasteiger partial charge < -0.3 is 9.84 Å². The smallest absolute Gasteiger partial charge is 0.320 e. The summed E-state index contributed by atoms with van der Waals surface area (Å²) in [4.78, 5) is 11.7. The molecule has 0 amide bonds. The van der Waals surface area contributed by atoms with E-state index in [4.69, 9.17) is 4.74 Å². The highest BCUT2D eigenvalue weighted by Gasteiger charge is 2.27. The van der Waals surface area contributed by atoms with Gasteiger partial charge in [0.05, 0.1) is 18.7 Å². The van der Waals surface area contributed by atoms with E-state index in [1.165, 1.54) is 0 Å². The molecule has 1 aromatic carbocycles. The molecule has 4 nitrogen and oxygen atoms in total. The highest BCUT2D eigenvalue weighted by atomic mass is 16.6. The van der Waals surface area contributed by atoms with Crippen molar-refractivity contribution < 1.29 is 14.6 Å². The molecule has 1 rings (SSSR count). The molecular weight excluding hydrogens is 242 g/mol. The van der Waals surface area contributed by atoms with Crippen molar-refractivity contribution in [3.63, 3.8) is 0 Å². The predicted molar refractivity (Wildman–Crippen MR) is 74.7 cm³/mol. The molecule has 0 aromatic heterocycles. The number of rotatable bonds is 5. The van der Waals surface area contributed by atoms with Crippen LogP contribution in [0.4, 0.5) is 0 Å². The maximum atomic E-state index is 11.7. The summed E-state index contributed by atoms with van der Waals surface area (Å²) in [5.74, 6) is -0.330. The SMILES string of the molecule is CC(C)(C)OC(=O)CNC(C)(CO)c1ccccc1. The van der Waals surface area contributed by atoms with E-state index in [0.717, 1.165) is 5.56 Å². The Labute approximate surface area is 114 Å². The van der Waals surface area contributed by atoms with E-state index in [1.807, 2.05) is 58.0 Å². The van der Waals surface area contributed by atoms with E-state index in [9.17, 15) is 9.90 Å². The molecule has 0 bridgehead atoms. The molecule has 0 spiro atoms. The summed E-state index contributed by atoms with van der Waals surface area (Å²) in [5, 5.41) is 12.6. The number of esters is 1. The molecule has 106 valence electrons. The number of hydrogen-bond acceptors (Lipinski definition) is 4. The van der Waals surface area contributed by atoms with Crippen LogP contribution in [0.15, 0.2) is 30.3 Å². The number of carbonyl (C=O) groups excluding carboxylic acids is 1. The van der Waals surface area contributed by atoms with E-state index in [0.29, 0.717) is 0 Å². The molecule has 0 saturated carbocycles. The third-order valence-corrected chi connectivity index (χ3v) is 2.77. The van der Waals surface area contributed by atoms with Gasteiger partial charge in [0.25, 0.3) is 0 Å². The van der Waals surface area contributed by atoms with Crippen LogP contribution in [0.5, 0.6) is 0 Å². The number of benzene rings is 1. The summed E-state index contributed by atoms with van der Waals surface area (Å²) in [6.07, 6.45) is 0. The highest BCUT2D eigenvalue weighted by molar-refractivity contribution is 5.72. The van der Waals surface area contributed by atoms with Crippen molar-refractivity contribution in [1.29, 1.82) is 0 Å². The Bertz CT molecular complexity index is 411. The minimum absolute atomic E-state index is 0.0588. The Morgan fingerprint density at radius 1 is 1.21 bits per heavy atom. The van der Waals surface area contributed by atoms with Crippen molar-refractivity contribution in [2.45, 2.75) is 38.8 Å². The van der Waals surface area contributed by atoms with E-state index in [2.05, 4.69) is 5.32 Å². The van der Waals surface area contributed by atoms with Gasteiger partial charge >= 0.3 is 5.97 Å². The lowest BCUT2D eigenvalue weighted by Gasteiger charge is -2.30. The Morgan fingerprint density at radius 3 is 2.26 bits per heavy atom. The first-order chi connectivity index (χ1) is 8.77. The van der Waals surface area contributed by atoms with Gasteiger partial charge in [-0.05, 0) is 33.3 Å². The molecule has 19 heavy (non-hydrogen) atoms. The summed E-state index contributed by atoms with van der Waals surface area (Å²) in [5.41, 5.74) is -0.222. The van der Waals surface area contributed by atoms with Gasteiger partial charge in [0, 0.05) is 0 Å². The van der Waals surface area contributed by atoms with Crippen molar-refractivity contribution in [2.24, 2.45) is 0 Å². The first-order valence-electron chi connectivity index (χ1n) is 6.40. The molecule has 1 unspecified atom stereocenters. The minimum Gasteiger partial charge on any atom is -0.459 e. The van der Waals surface area contributed by atoms with Gasteiger partial charge in [0.2, 0.25) is 0 Å². The van der Waals surface area contributed by atoms with Gasteiger partial charge in [-0.1, -0.05) is 30.3 Å². The second-order valence-corrected chi connectivity index (χ2v) is 5.80. The van der Waals surface area contributed by atoms with Gasteiger partial charge in [-0.25, -0.2) is 0 Å². The molecule has 0 saturated heterocycles. The van der Waals surface area contributed by atoms with E-state index in [-0.39, 0.29) is 19.1 Å². The standard InChI is InChI=1S/C15H23NO3/c1-14(2,3)19-13(18)10-16-15(4,11-17)12-8-6-5-7-9-12/h5-9,16-17H,10-11H2,1-4H3. The van der Waals surface area contributed by atoms with E-state index >= 15 is 0 Å². The number of nitrogens with one attached hydrogen (secondary N) is 1. The Hall–Kier alpha value is -1.39. The quantitative estimate of drug-likeness (QED) is 0.797. The summed E-state index contributed by atoms with van der Waals surface area (Å²) >= 11 is 0. The number of ether oxygens (including phenoxy) is 1. The monoisotopic (exact) mass is 265 g/mol. The fraction of sp³-hybridized carbons (Fsp3) is 0.533. The van der Waals surface area contributed by atoms with Crippen LogP contribution in [0.1, 0.15) is 33.3 Å². The van der Waals surface area contributed by atoms with Crippen molar-refractivity contribution in [3.8, 4) is 0 Å². The normalized spacial score (nSPS) is 14.8. The van der Waals surface area contributed by atoms with Crippen LogP contribution in [0, 0.1) is 0 Å². The third-order valence-electron chi connectivity index (χ3n) is 2.77. The summed E-state index contributed by atoms with van der Waals surface area (Å²) in [6.45, 7) is 7.30. The molecule has 0 aliphatic rings. The summed E-state index contributed by atoms with van der Waals surface area (Å²) in [6, 6.07) is 9.54. The maximum Gasteiger partial charge on any atom is 0.320 e. The molecule has 0 aliphatic carbocycles. The van der Waals surface area contributed by atoms with Crippen LogP contribution in [0.25, 0.3) is 0 Å². The van der Waals surface area contributed by atoms with Crippen molar-refractivity contribution in [3.05, 3.63) is 35.9 Å². The Balaban J connectivity index is 2.65. The molecule has 1 aromatic rings. The molecule has 2 N–H and O–H groups in total. The lowest BCUT2D eigenvalue weighted by Crippen LogP contribution is -2.46. The molecule has 1 atom stereocenters. The van der Waals surface area contributed by atoms with Crippen molar-refractivity contribution >= 4 is 5.97 Å². The van der Waals surface area contributed by atoms with Gasteiger partial charge in [0.15, 0.2) is 0 Å². The predicted octanol–water partition coefficient (Wildman–Crippen LogP) is 1.83. The number of carbonyl (C=O) groups is 1. The summed E-state index contributed by atoms with van der Waals surface area (Å²) < 4.78 is 5.23. The second-order valence-electron chi connectivity index (χ2n) is 5.80. The van der Waals surface area contributed by atoms with Crippen LogP contribution in [-0.4, -0.2) is 29.8 Å². The zero-order valence-corrected chi connectivity index (χ0v) is 12.1. The molecular formula is C15H23NO3. The highest BCUT2D eigenvalue weighted by Crippen LogP contribution is 2.19. The fourth-order valence-electron chi connectivity index (χ4n) is 1.70. The zero-order valence-electron chi connectivity index (χ0n) is 12.1. The lowest BCUT2D eigenvalue weighted by atomic mass is 9.93. The van der Waals surface area contributed by atoms with Gasteiger partial charge in [-0.15, -0.1) is 0 Å². The average Bonchev–Trinajstić information content (AvgIpc) is 2.35. The molecule has 0 radical (unpaired) electrons. The van der Waals surface area contributed by atoms with E-state index in [1.54, 1.807) is 0 Å². The Morgan fingerprint density at radius 2 is 1.79 bits per heavy atom. The Kier molecular flexibility index (Phi) is 5.09. The lowest BCUT2D eigenvalue weighted by molar-refractivity contribution is -0.154. The molecule has 4 heteroatoms. The van der Waals surface area contributed by atoms with Crippen molar-refractivity contribution in [2.75, 3.05) is 13.2 Å². The molecule has 0 heterocycles. The first-order valence-corrected chi connectivity index (χ1v) is 6.40.